The van der Waals surface area contributed by atoms with E-state index in [0.717, 1.165) is 37.4 Å². The third-order valence-electron chi connectivity index (χ3n) is 4.24. The van der Waals surface area contributed by atoms with Crippen LogP contribution in [-0.2, 0) is 22.7 Å². The zero-order valence-corrected chi connectivity index (χ0v) is 13.8. The number of carbonyl (C=O) groups excluding carboxylic acids is 1. The van der Waals surface area contributed by atoms with Gasteiger partial charge in [0.2, 0.25) is 5.91 Å². The smallest absolute Gasteiger partial charge is 0.224 e. The minimum Gasteiger partial charge on any atom is -0.372 e. The number of likely N-dealkylation sites (tertiary alicyclic amines) is 1. The fourth-order valence-corrected chi connectivity index (χ4v) is 2.77. The Morgan fingerprint density at radius 3 is 2.83 bits per heavy atom. The molecule has 0 N–H and O–H groups in total. The van der Waals surface area contributed by atoms with Crippen LogP contribution in [0.5, 0.6) is 0 Å². The van der Waals surface area contributed by atoms with Gasteiger partial charge in [-0.15, -0.1) is 5.10 Å². The lowest BCUT2D eigenvalue weighted by atomic mass is 10.1. The third kappa shape index (κ3) is 4.35. The first kappa shape index (κ1) is 16.5. The van der Waals surface area contributed by atoms with Crippen molar-refractivity contribution >= 4 is 5.91 Å². The Labute approximate surface area is 140 Å². The highest BCUT2D eigenvalue weighted by Gasteiger charge is 2.23. The zero-order chi connectivity index (χ0) is 16.8. The molecule has 3 rings (SSSR count). The first-order valence-corrected chi connectivity index (χ1v) is 8.24. The van der Waals surface area contributed by atoms with Crippen LogP contribution in [0.1, 0.15) is 30.8 Å². The van der Waals surface area contributed by atoms with E-state index in [9.17, 15) is 4.79 Å². The highest BCUT2D eigenvalue weighted by atomic mass is 16.5. The molecular weight excluding hydrogens is 308 g/mol. The number of tetrazole rings is 1. The van der Waals surface area contributed by atoms with Gasteiger partial charge < -0.3 is 9.64 Å². The highest BCUT2D eigenvalue weighted by Crippen LogP contribution is 2.16. The number of amides is 1. The topological polar surface area (TPSA) is 86.0 Å². The zero-order valence-electron chi connectivity index (χ0n) is 13.8. The van der Waals surface area contributed by atoms with Gasteiger partial charge in [-0.05, 0) is 42.3 Å². The molecule has 0 saturated carbocycles. The molecule has 128 valence electrons. The van der Waals surface area contributed by atoms with Crippen molar-refractivity contribution in [3.8, 4) is 0 Å². The lowest BCUT2D eigenvalue weighted by Gasteiger charge is -2.32. The minimum atomic E-state index is 0.146. The molecule has 1 amide bonds. The fourth-order valence-electron chi connectivity index (χ4n) is 2.77. The lowest BCUT2D eigenvalue weighted by molar-refractivity contribution is -0.134. The number of aryl methyl sites for hydroxylation is 2. The van der Waals surface area contributed by atoms with Crippen molar-refractivity contribution in [2.45, 2.75) is 45.4 Å². The van der Waals surface area contributed by atoms with Crippen molar-refractivity contribution in [1.82, 2.24) is 30.1 Å². The highest BCUT2D eigenvalue weighted by molar-refractivity contribution is 5.76. The van der Waals surface area contributed by atoms with E-state index in [2.05, 4.69) is 20.5 Å². The normalized spacial score (nSPS) is 15.6. The van der Waals surface area contributed by atoms with E-state index in [0.29, 0.717) is 19.6 Å². The summed E-state index contributed by atoms with van der Waals surface area (Å²) in [5.41, 5.74) is 0.938. The van der Waals surface area contributed by atoms with Gasteiger partial charge in [0, 0.05) is 25.7 Å². The number of rotatable bonds is 6. The molecule has 1 fully saturated rings. The summed E-state index contributed by atoms with van der Waals surface area (Å²) < 4.78 is 7.55. The van der Waals surface area contributed by atoms with Gasteiger partial charge in [-0.1, -0.05) is 6.07 Å². The van der Waals surface area contributed by atoms with Crippen molar-refractivity contribution in [2.24, 2.45) is 0 Å². The van der Waals surface area contributed by atoms with Crippen molar-refractivity contribution in [2.75, 3.05) is 13.1 Å². The quantitative estimate of drug-likeness (QED) is 0.784. The standard InChI is InChI=1S/C16H22N6O2/c1-13-18-19-20-22(13)11-7-16(23)21-9-5-15(6-10-21)24-12-14-4-2-3-8-17-14/h2-4,8,15H,5-7,9-12H2,1H3. The minimum absolute atomic E-state index is 0.146. The van der Waals surface area contributed by atoms with Crippen LogP contribution in [0.15, 0.2) is 24.4 Å². The summed E-state index contributed by atoms with van der Waals surface area (Å²) in [5, 5.41) is 11.3. The second-order valence-corrected chi connectivity index (χ2v) is 5.91. The summed E-state index contributed by atoms with van der Waals surface area (Å²) >= 11 is 0. The van der Waals surface area contributed by atoms with Crippen LogP contribution in [0.3, 0.4) is 0 Å². The monoisotopic (exact) mass is 330 g/mol. The Bertz CT molecular complexity index is 652. The maximum atomic E-state index is 12.3. The molecule has 1 aliphatic rings. The molecule has 0 aromatic carbocycles. The predicted octanol–water partition coefficient (Wildman–Crippen LogP) is 0.974. The largest absolute Gasteiger partial charge is 0.372 e. The molecule has 24 heavy (non-hydrogen) atoms. The molecule has 1 aliphatic heterocycles. The first-order chi connectivity index (χ1) is 11.7. The number of aromatic nitrogens is 5. The molecule has 8 nitrogen and oxygen atoms in total. The van der Waals surface area contributed by atoms with Gasteiger partial charge in [-0.25, -0.2) is 4.68 Å². The van der Waals surface area contributed by atoms with Crippen LogP contribution in [0.25, 0.3) is 0 Å². The molecule has 0 unspecified atom stereocenters. The summed E-state index contributed by atoms with van der Waals surface area (Å²) in [6, 6.07) is 5.81. The molecule has 0 radical (unpaired) electrons. The number of ether oxygens (including phenoxy) is 1. The van der Waals surface area contributed by atoms with Gasteiger partial charge in [0.05, 0.1) is 24.9 Å². The van der Waals surface area contributed by atoms with Crippen LogP contribution in [0.4, 0.5) is 0 Å². The van der Waals surface area contributed by atoms with Crippen molar-refractivity contribution in [3.63, 3.8) is 0 Å². The van der Waals surface area contributed by atoms with E-state index < -0.39 is 0 Å². The van der Waals surface area contributed by atoms with Crippen LogP contribution < -0.4 is 0 Å². The predicted molar refractivity (Wildman–Crippen MR) is 85.8 cm³/mol. The van der Waals surface area contributed by atoms with Gasteiger partial charge in [0.1, 0.15) is 5.82 Å². The van der Waals surface area contributed by atoms with Crippen LogP contribution >= 0.6 is 0 Å². The van der Waals surface area contributed by atoms with Crippen LogP contribution in [0.2, 0.25) is 0 Å². The van der Waals surface area contributed by atoms with E-state index in [1.165, 1.54) is 0 Å². The van der Waals surface area contributed by atoms with Gasteiger partial charge in [-0.3, -0.25) is 9.78 Å². The maximum Gasteiger partial charge on any atom is 0.224 e. The number of nitrogens with zero attached hydrogens (tertiary/aromatic N) is 6. The van der Waals surface area contributed by atoms with E-state index in [1.807, 2.05) is 30.0 Å². The Hall–Kier alpha value is -2.35. The number of piperidine rings is 1. The molecular formula is C16H22N6O2. The fraction of sp³-hybridized carbons (Fsp3) is 0.562. The van der Waals surface area contributed by atoms with Gasteiger partial charge in [0.25, 0.3) is 0 Å². The van der Waals surface area contributed by atoms with E-state index in [-0.39, 0.29) is 12.0 Å². The number of carbonyl (C=O) groups is 1. The number of hydrogen-bond donors (Lipinski definition) is 0. The van der Waals surface area contributed by atoms with Crippen molar-refractivity contribution in [1.29, 1.82) is 0 Å². The summed E-state index contributed by atoms with van der Waals surface area (Å²) in [6.45, 7) is 4.35. The first-order valence-electron chi connectivity index (χ1n) is 8.24. The molecule has 0 spiro atoms. The molecule has 2 aromatic heterocycles. The average molecular weight is 330 g/mol. The molecule has 2 aromatic rings. The summed E-state index contributed by atoms with van der Waals surface area (Å²) in [7, 11) is 0. The summed E-state index contributed by atoms with van der Waals surface area (Å²) in [4.78, 5) is 18.4. The summed E-state index contributed by atoms with van der Waals surface area (Å²) in [6.07, 6.45) is 4.11. The van der Waals surface area contributed by atoms with E-state index in [4.69, 9.17) is 4.74 Å². The second-order valence-electron chi connectivity index (χ2n) is 5.91. The maximum absolute atomic E-state index is 12.3. The van der Waals surface area contributed by atoms with Crippen LogP contribution in [-0.4, -0.2) is 55.2 Å². The third-order valence-corrected chi connectivity index (χ3v) is 4.24. The van der Waals surface area contributed by atoms with E-state index >= 15 is 0 Å². The Balaban J connectivity index is 1.38. The molecule has 3 heterocycles. The second kappa shape index (κ2) is 7.96. The molecule has 0 aliphatic carbocycles. The van der Waals surface area contributed by atoms with Gasteiger partial charge in [0.15, 0.2) is 0 Å². The van der Waals surface area contributed by atoms with E-state index in [1.54, 1.807) is 10.9 Å². The van der Waals surface area contributed by atoms with Crippen LogP contribution in [0, 0.1) is 6.92 Å². The Kier molecular flexibility index (Phi) is 5.47. The lowest BCUT2D eigenvalue weighted by Crippen LogP contribution is -2.41. The summed E-state index contributed by atoms with van der Waals surface area (Å²) in [5.74, 6) is 0.873. The number of pyridine rings is 1. The molecule has 0 atom stereocenters. The average Bonchev–Trinajstić information content (AvgIpc) is 3.04. The SMILES string of the molecule is Cc1nnnn1CCC(=O)N1CCC(OCc2ccccn2)CC1. The number of hydrogen-bond acceptors (Lipinski definition) is 6. The van der Waals surface area contributed by atoms with Gasteiger partial charge >= 0.3 is 0 Å². The Morgan fingerprint density at radius 1 is 1.33 bits per heavy atom. The Morgan fingerprint density at radius 2 is 2.17 bits per heavy atom. The van der Waals surface area contributed by atoms with Crippen molar-refractivity contribution in [3.05, 3.63) is 35.9 Å². The molecule has 0 bridgehead atoms. The van der Waals surface area contributed by atoms with Gasteiger partial charge in [-0.2, -0.15) is 0 Å². The molecule has 8 heteroatoms. The van der Waals surface area contributed by atoms with Crippen molar-refractivity contribution < 1.29 is 9.53 Å². The molecule has 1 saturated heterocycles.